The number of para-hydroxylation sites is 1. The third-order valence-corrected chi connectivity index (χ3v) is 3.02. The van der Waals surface area contributed by atoms with Crippen molar-refractivity contribution in [2.75, 3.05) is 5.32 Å². The molecule has 1 atom stereocenters. The standard InChI is InChI=1S/C13H14N4OS/c1-9(17-7-6-15-8-17)13(18)16-11-5-3-2-4-10(11)12(14)19/h2-9H,1H3,(H2,14,19)(H,16,18). The van der Waals surface area contributed by atoms with E-state index in [0.29, 0.717) is 11.3 Å². The highest BCUT2D eigenvalue weighted by molar-refractivity contribution is 7.80. The molecule has 0 aliphatic rings. The fourth-order valence-corrected chi connectivity index (χ4v) is 1.86. The van der Waals surface area contributed by atoms with Crippen molar-refractivity contribution in [1.82, 2.24) is 9.55 Å². The van der Waals surface area contributed by atoms with Crippen LogP contribution in [0, 0.1) is 0 Å². The first-order valence-electron chi connectivity index (χ1n) is 5.76. The van der Waals surface area contributed by atoms with E-state index in [0.717, 1.165) is 0 Å². The van der Waals surface area contributed by atoms with Gasteiger partial charge in [0.15, 0.2) is 0 Å². The second kappa shape index (κ2) is 5.62. The van der Waals surface area contributed by atoms with E-state index in [4.69, 9.17) is 18.0 Å². The molecule has 1 aromatic heterocycles. The van der Waals surface area contributed by atoms with Crippen LogP contribution in [0.3, 0.4) is 0 Å². The molecule has 3 N–H and O–H groups in total. The van der Waals surface area contributed by atoms with Gasteiger partial charge in [-0.25, -0.2) is 4.98 Å². The van der Waals surface area contributed by atoms with Crippen LogP contribution in [0.2, 0.25) is 0 Å². The molecular formula is C13H14N4OS. The minimum Gasteiger partial charge on any atom is -0.389 e. The van der Waals surface area contributed by atoms with Crippen LogP contribution in [-0.2, 0) is 4.79 Å². The minimum atomic E-state index is -0.359. The Morgan fingerprint density at radius 2 is 2.21 bits per heavy atom. The molecule has 0 saturated heterocycles. The summed E-state index contributed by atoms with van der Waals surface area (Å²) >= 11 is 4.96. The molecule has 0 bridgehead atoms. The average Bonchev–Trinajstić information content (AvgIpc) is 2.92. The van der Waals surface area contributed by atoms with Crippen LogP contribution in [0.15, 0.2) is 43.0 Å². The molecule has 6 heteroatoms. The number of hydrogen-bond donors (Lipinski definition) is 2. The lowest BCUT2D eigenvalue weighted by atomic mass is 10.1. The number of aromatic nitrogens is 2. The van der Waals surface area contributed by atoms with Crippen LogP contribution < -0.4 is 11.1 Å². The predicted octanol–water partition coefficient (Wildman–Crippen LogP) is 1.72. The highest BCUT2D eigenvalue weighted by atomic mass is 32.1. The number of nitrogens with zero attached hydrogens (tertiary/aromatic N) is 2. The number of nitrogens with two attached hydrogens (primary N) is 1. The molecule has 0 saturated carbocycles. The van der Waals surface area contributed by atoms with Gasteiger partial charge in [-0.2, -0.15) is 0 Å². The number of imidazole rings is 1. The lowest BCUT2D eigenvalue weighted by Crippen LogP contribution is -2.24. The second-order valence-electron chi connectivity index (χ2n) is 4.08. The van der Waals surface area contributed by atoms with Gasteiger partial charge in [-0.3, -0.25) is 4.79 Å². The number of anilines is 1. The van der Waals surface area contributed by atoms with Crippen molar-refractivity contribution >= 4 is 28.8 Å². The maximum atomic E-state index is 12.1. The fraction of sp³-hybridized carbons (Fsp3) is 0.154. The number of rotatable bonds is 4. The summed E-state index contributed by atoms with van der Waals surface area (Å²) in [6.07, 6.45) is 4.97. The van der Waals surface area contributed by atoms with Crippen LogP contribution in [-0.4, -0.2) is 20.4 Å². The Balaban J connectivity index is 2.18. The summed E-state index contributed by atoms with van der Waals surface area (Å²) in [5, 5.41) is 2.82. The molecule has 98 valence electrons. The zero-order chi connectivity index (χ0) is 13.8. The predicted molar refractivity (Wildman–Crippen MR) is 77.9 cm³/mol. The van der Waals surface area contributed by atoms with Crippen molar-refractivity contribution in [3.63, 3.8) is 0 Å². The molecule has 5 nitrogen and oxygen atoms in total. The number of carbonyl (C=O) groups excluding carboxylic acids is 1. The summed E-state index contributed by atoms with van der Waals surface area (Å²) < 4.78 is 1.72. The molecule has 0 fully saturated rings. The van der Waals surface area contributed by atoms with Gasteiger partial charge in [0, 0.05) is 18.0 Å². The molecule has 2 aromatic rings. The summed E-state index contributed by atoms with van der Waals surface area (Å²) in [6.45, 7) is 1.79. The van der Waals surface area contributed by atoms with Gasteiger partial charge in [0.1, 0.15) is 11.0 Å². The van der Waals surface area contributed by atoms with Crippen molar-refractivity contribution in [2.45, 2.75) is 13.0 Å². The Hall–Kier alpha value is -2.21. The second-order valence-corrected chi connectivity index (χ2v) is 4.52. The zero-order valence-electron chi connectivity index (χ0n) is 10.4. The van der Waals surface area contributed by atoms with Crippen molar-refractivity contribution in [3.8, 4) is 0 Å². The Labute approximate surface area is 116 Å². The first kappa shape index (κ1) is 13.2. The van der Waals surface area contributed by atoms with Crippen LogP contribution in [0.5, 0.6) is 0 Å². The van der Waals surface area contributed by atoms with Crippen LogP contribution in [0.1, 0.15) is 18.5 Å². The third-order valence-electron chi connectivity index (χ3n) is 2.80. The number of amides is 1. The summed E-state index contributed by atoms with van der Waals surface area (Å²) in [5.41, 5.74) is 6.90. The molecule has 0 aliphatic carbocycles. The lowest BCUT2D eigenvalue weighted by Gasteiger charge is -2.15. The van der Waals surface area contributed by atoms with Gasteiger partial charge < -0.3 is 15.6 Å². The van der Waals surface area contributed by atoms with Crippen molar-refractivity contribution in [2.24, 2.45) is 5.73 Å². The Morgan fingerprint density at radius 1 is 1.47 bits per heavy atom. The molecule has 1 heterocycles. The molecule has 0 aliphatic heterocycles. The van der Waals surface area contributed by atoms with Gasteiger partial charge in [0.25, 0.3) is 0 Å². The van der Waals surface area contributed by atoms with Crippen LogP contribution in [0.4, 0.5) is 5.69 Å². The number of benzene rings is 1. The van der Waals surface area contributed by atoms with E-state index in [1.54, 1.807) is 42.3 Å². The highest BCUT2D eigenvalue weighted by Crippen LogP contribution is 2.17. The monoisotopic (exact) mass is 274 g/mol. The summed E-state index contributed by atoms with van der Waals surface area (Å²) in [7, 11) is 0. The van der Waals surface area contributed by atoms with Crippen molar-refractivity contribution in [3.05, 3.63) is 48.5 Å². The molecule has 19 heavy (non-hydrogen) atoms. The normalized spacial score (nSPS) is 11.8. The molecule has 1 aromatic carbocycles. The number of hydrogen-bond acceptors (Lipinski definition) is 3. The van der Waals surface area contributed by atoms with E-state index >= 15 is 0 Å². The Morgan fingerprint density at radius 3 is 2.84 bits per heavy atom. The smallest absolute Gasteiger partial charge is 0.247 e. The quantitative estimate of drug-likeness (QED) is 0.833. The number of nitrogens with one attached hydrogen (secondary N) is 1. The van der Waals surface area contributed by atoms with E-state index in [2.05, 4.69) is 10.3 Å². The molecule has 0 spiro atoms. The molecule has 2 rings (SSSR count). The maximum absolute atomic E-state index is 12.1. The van der Waals surface area contributed by atoms with Crippen LogP contribution in [0.25, 0.3) is 0 Å². The largest absolute Gasteiger partial charge is 0.389 e. The van der Waals surface area contributed by atoms with Gasteiger partial charge in [-0.1, -0.05) is 24.4 Å². The first-order valence-corrected chi connectivity index (χ1v) is 6.17. The van der Waals surface area contributed by atoms with Gasteiger partial charge in [-0.05, 0) is 19.1 Å². The van der Waals surface area contributed by atoms with Crippen molar-refractivity contribution in [1.29, 1.82) is 0 Å². The molecular weight excluding hydrogens is 260 g/mol. The fourth-order valence-electron chi connectivity index (χ4n) is 1.68. The van der Waals surface area contributed by atoms with Crippen LogP contribution >= 0.6 is 12.2 Å². The third kappa shape index (κ3) is 2.97. The van der Waals surface area contributed by atoms with E-state index in [-0.39, 0.29) is 16.9 Å². The summed E-state index contributed by atoms with van der Waals surface area (Å²) in [6, 6.07) is 6.83. The minimum absolute atomic E-state index is 0.151. The summed E-state index contributed by atoms with van der Waals surface area (Å²) in [5.74, 6) is -0.151. The zero-order valence-corrected chi connectivity index (χ0v) is 11.2. The molecule has 1 amide bonds. The van der Waals surface area contributed by atoms with E-state index < -0.39 is 0 Å². The first-order chi connectivity index (χ1) is 9.09. The van der Waals surface area contributed by atoms with Gasteiger partial charge in [0.05, 0.1) is 12.0 Å². The number of thiocarbonyl (C=S) groups is 1. The Kier molecular flexibility index (Phi) is 3.91. The average molecular weight is 274 g/mol. The van der Waals surface area contributed by atoms with Gasteiger partial charge >= 0.3 is 0 Å². The van der Waals surface area contributed by atoms with E-state index in [1.165, 1.54) is 0 Å². The Bertz CT molecular complexity index is 594. The molecule has 0 radical (unpaired) electrons. The molecule has 1 unspecified atom stereocenters. The maximum Gasteiger partial charge on any atom is 0.247 e. The van der Waals surface area contributed by atoms with Gasteiger partial charge in [-0.15, -0.1) is 0 Å². The van der Waals surface area contributed by atoms with Crippen molar-refractivity contribution < 1.29 is 4.79 Å². The number of carbonyl (C=O) groups is 1. The highest BCUT2D eigenvalue weighted by Gasteiger charge is 2.16. The van der Waals surface area contributed by atoms with E-state index in [9.17, 15) is 4.79 Å². The van der Waals surface area contributed by atoms with E-state index in [1.807, 2.05) is 12.1 Å². The summed E-state index contributed by atoms with van der Waals surface area (Å²) in [4.78, 5) is 16.3. The topological polar surface area (TPSA) is 72.9 Å². The SMILES string of the molecule is CC(C(=O)Nc1ccccc1C(N)=S)n1ccnc1. The lowest BCUT2D eigenvalue weighted by molar-refractivity contribution is -0.118. The van der Waals surface area contributed by atoms with Gasteiger partial charge in [0.2, 0.25) is 5.91 Å².